The van der Waals surface area contributed by atoms with Crippen LogP contribution in [0.5, 0.6) is 0 Å². The Labute approximate surface area is 80.6 Å². The molecule has 1 rings (SSSR count). The maximum absolute atomic E-state index is 11.9. The Bertz CT molecular complexity index is 212. The first-order valence-electron chi connectivity index (χ1n) is 5.03. The number of piperidine rings is 1. The molecular weight excluding hydrogens is 162 g/mol. The number of likely N-dealkylation sites (tertiary alicyclic amines) is 1. The standard InChI is InChI=1S/C11H19NO/c1-4-7-11(5-2)8-6-9-12(3)10(11)13/h4H,1,5-9H2,2-3H3/t11-/m1/s1. The van der Waals surface area contributed by atoms with Crippen LogP contribution < -0.4 is 0 Å². The van der Waals surface area contributed by atoms with Crippen LogP contribution in [0.2, 0.25) is 0 Å². The highest BCUT2D eigenvalue weighted by atomic mass is 16.2. The average molecular weight is 181 g/mol. The second-order valence-electron chi connectivity index (χ2n) is 3.96. The number of hydrogen-bond acceptors (Lipinski definition) is 1. The smallest absolute Gasteiger partial charge is 0.228 e. The van der Waals surface area contributed by atoms with E-state index in [2.05, 4.69) is 13.5 Å². The topological polar surface area (TPSA) is 20.3 Å². The zero-order valence-electron chi connectivity index (χ0n) is 8.68. The Morgan fingerprint density at radius 3 is 2.92 bits per heavy atom. The van der Waals surface area contributed by atoms with Gasteiger partial charge in [-0.25, -0.2) is 0 Å². The van der Waals surface area contributed by atoms with Gasteiger partial charge in [0.2, 0.25) is 5.91 Å². The van der Waals surface area contributed by atoms with Crippen molar-refractivity contribution >= 4 is 5.91 Å². The van der Waals surface area contributed by atoms with Gasteiger partial charge in [-0.3, -0.25) is 4.79 Å². The molecule has 13 heavy (non-hydrogen) atoms. The lowest BCUT2D eigenvalue weighted by Crippen LogP contribution is -2.46. The molecule has 0 spiro atoms. The lowest BCUT2D eigenvalue weighted by molar-refractivity contribution is -0.144. The largest absolute Gasteiger partial charge is 0.345 e. The molecule has 0 aromatic rings. The summed E-state index contributed by atoms with van der Waals surface area (Å²) in [7, 11) is 1.90. The number of hydrogen-bond donors (Lipinski definition) is 0. The maximum atomic E-state index is 11.9. The van der Waals surface area contributed by atoms with Gasteiger partial charge in [0.15, 0.2) is 0 Å². The van der Waals surface area contributed by atoms with Gasteiger partial charge in [0.25, 0.3) is 0 Å². The predicted molar refractivity (Wildman–Crippen MR) is 54.4 cm³/mol. The first-order valence-corrected chi connectivity index (χ1v) is 5.03. The molecule has 1 aliphatic rings. The first-order chi connectivity index (χ1) is 6.16. The minimum absolute atomic E-state index is 0.130. The molecule has 1 amide bonds. The van der Waals surface area contributed by atoms with Gasteiger partial charge in [-0.15, -0.1) is 6.58 Å². The number of allylic oxidation sites excluding steroid dienone is 1. The van der Waals surface area contributed by atoms with E-state index in [4.69, 9.17) is 0 Å². The lowest BCUT2D eigenvalue weighted by Gasteiger charge is -2.39. The summed E-state index contributed by atoms with van der Waals surface area (Å²) in [5.41, 5.74) is -0.130. The van der Waals surface area contributed by atoms with Crippen LogP contribution in [0.4, 0.5) is 0 Å². The van der Waals surface area contributed by atoms with Crippen molar-refractivity contribution in [1.82, 2.24) is 4.90 Å². The fourth-order valence-corrected chi connectivity index (χ4v) is 2.21. The normalized spacial score (nSPS) is 29.1. The third kappa shape index (κ3) is 1.77. The molecule has 2 nitrogen and oxygen atoms in total. The first kappa shape index (κ1) is 10.3. The Kier molecular flexibility index (Phi) is 3.12. The van der Waals surface area contributed by atoms with Gasteiger partial charge in [0, 0.05) is 13.6 Å². The van der Waals surface area contributed by atoms with Crippen molar-refractivity contribution in [2.75, 3.05) is 13.6 Å². The zero-order chi connectivity index (χ0) is 9.90. The fraction of sp³-hybridized carbons (Fsp3) is 0.727. The van der Waals surface area contributed by atoms with E-state index in [1.807, 2.05) is 18.0 Å². The molecule has 1 saturated heterocycles. The van der Waals surface area contributed by atoms with Crippen LogP contribution in [0.15, 0.2) is 12.7 Å². The van der Waals surface area contributed by atoms with Gasteiger partial charge in [-0.2, -0.15) is 0 Å². The molecule has 0 aromatic carbocycles. The third-order valence-corrected chi connectivity index (χ3v) is 3.16. The Balaban J connectivity index is 2.82. The van der Waals surface area contributed by atoms with Crippen molar-refractivity contribution in [1.29, 1.82) is 0 Å². The number of nitrogens with zero attached hydrogens (tertiary/aromatic N) is 1. The molecule has 1 aliphatic heterocycles. The van der Waals surface area contributed by atoms with Crippen LogP contribution in [0.1, 0.15) is 32.6 Å². The Morgan fingerprint density at radius 1 is 1.69 bits per heavy atom. The number of carbonyl (C=O) groups excluding carboxylic acids is 1. The van der Waals surface area contributed by atoms with Crippen molar-refractivity contribution in [3.05, 3.63) is 12.7 Å². The summed E-state index contributed by atoms with van der Waals surface area (Å²) in [6, 6.07) is 0. The van der Waals surface area contributed by atoms with Crippen LogP contribution in [-0.2, 0) is 4.79 Å². The van der Waals surface area contributed by atoms with Gasteiger partial charge in [-0.1, -0.05) is 13.0 Å². The number of rotatable bonds is 3. The SMILES string of the molecule is C=CC[C@]1(CC)CCCN(C)C1=O. The summed E-state index contributed by atoms with van der Waals surface area (Å²) in [5.74, 6) is 0.307. The minimum atomic E-state index is -0.130. The molecule has 0 aliphatic carbocycles. The van der Waals surface area contributed by atoms with Crippen molar-refractivity contribution in [3.8, 4) is 0 Å². The van der Waals surface area contributed by atoms with Gasteiger partial charge >= 0.3 is 0 Å². The van der Waals surface area contributed by atoms with Gasteiger partial charge in [0.1, 0.15) is 0 Å². The highest BCUT2D eigenvalue weighted by Gasteiger charge is 2.39. The van der Waals surface area contributed by atoms with Gasteiger partial charge in [0.05, 0.1) is 5.41 Å². The van der Waals surface area contributed by atoms with Crippen molar-refractivity contribution < 1.29 is 4.79 Å². The van der Waals surface area contributed by atoms with Crippen LogP contribution in [0.3, 0.4) is 0 Å². The number of amides is 1. The van der Waals surface area contributed by atoms with Crippen LogP contribution in [-0.4, -0.2) is 24.4 Å². The zero-order valence-corrected chi connectivity index (χ0v) is 8.68. The predicted octanol–water partition coefficient (Wildman–Crippen LogP) is 2.21. The lowest BCUT2D eigenvalue weighted by atomic mass is 9.74. The molecule has 2 heteroatoms. The van der Waals surface area contributed by atoms with E-state index < -0.39 is 0 Å². The molecule has 1 fully saturated rings. The molecule has 1 atom stereocenters. The molecule has 0 aromatic heterocycles. The summed E-state index contributed by atoms with van der Waals surface area (Å²) in [6.07, 6.45) is 5.79. The summed E-state index contributed by atoms with van der Waals surface area (Å²) in [4.78, 5) is 13.8. The van der Waals surface area contributed by atoms with E-state index in [-0.39, 0.29) is 5.41 Å². The summed E-state index contributed by atoms with van der Waals surface area (Å²) >= 11 is 0. The summed E-state index contributed by atoms with van der Waals surface area (Å²) in [5, 5.41) is 0. The second-order valence-corrected chi connectivity index (χ2v) is 3.96. The third-order valence-electron chi connectivity index (χ3n) is 3.16. The molecule has 0 N–H and O–H groups in total. The van der Waals surface area contributed by atoms with E-state index in [1.54, 1.807) is 0 Å². The minimum Gasteiger partial charge on any atom is -0.345 e. The van der Waals surface area contributed by atoms with E-state index >= 15 is 0 Å². The van der Waals surface area contributed by atoms with Crippen LogP contribution >= 0.6 is 0 Å². The molecule has 0 saturated carbocycles. The second kappa shape index (κ2) is 3.95. The Morgan fingerprint density at radius 2 is 2.38 bits per heavy atom. The van der Waals surface area contributed by atoms with E-state index in [0.29, 0.717) is 5.91 Å². The van der Waals surface area contributed by atoms with E-state index in [1.165, 1.54) is 0 Å². The molecule has 0 radical (unpaired) electrons. The monoisotopic (exact) mass is 181 g/mol. The maximum Gasteiger partial charge on any atom is 0.228 e. The van der Waals surface area contributed by atoms with Crippen molar-refractivity contribution in [2.45, 2.75) is 32.6 Å². The van der Waals surface area contributed by atoms with Crippen LogP contribution in [0.25, 0.3) is 0 Å². The van der Waals surface area contributed by atoms with E-state index in [0.717, 1.165) is 32.2 Å². The summed E-state index contributed by atoms with van der Waals surface area (Å²) < 4.78 is 0. The molecule has 0 unspecified atom stereocenters. The molecule has 0 bridgehead atoms. The summed E-state index contributed by atoms with van der Waals surface area (Å²) in [6.45, 7) is 6.75. The number of carbonyl (C=O) groups is 1. The quantitative estimate of drug-likeness (QED) is 0.611. The van der Waals surface area contributed by atoms with E-state index in [9.17, 15) is 4.79 Å². The average Bonchev–Trinajstić information content (AvgIpc) is 2.13. The Hall–Kier alpha value is -0.790. The highest BCUT2D eigenvalue weighted by molar-refractivity contribution is 5.83. The molecule has 1 heterocycles. The molecule has 74 valence electrons. The van der Waals surface area contributed by atoms with Gasteiger partial charge in [-0.05, 0) is 25.7 Å². The van der Waals surface area contributed by atoms with Crippen molar-refractivity contribution in [2.24, 2.45) is 5.41 Å². The van der Waals surface area contributed by atoms with Crippen LogP contribution in [0, 0.1) is 5.41 Å². The molecular formula is C11H19NO. The fourth-order valence-electron chi connectivity index (χ4n) is 2.21. The van der Waals surface area contributed by atoms with Gasteiger partial charge < -0.3 is 4.90 Å². The van der Waals surface area contributed by atoms with Crippen molar-refractivity contribution in [3.63, 3.8) is 0 Å². The highest BCUT2D eigenvalue weighted by Crippen LogP contribution is 2.37.